The molecule has 0 atom stereocenters. The van der Waals surface area contributed by atoms with Crippen LogP contribution in [0, 0.1) is 0 Å². The van der Waals surface area contributed by atoms with Crippen LogP contribution >= 0.6 is 0 Å². The van der Waals surface area contributed by atoms with Gasteiger partial charge < -0.3 is 9.64 Å². The molecule has 1 N–H and O–H groups in total. The lowest BCUT2D eigenvalue weighted by molar-refractivity contribution is -0.274. The Bertz CT molecular complexity index is 1080. The molecule has 0 unspecified atom stereocenters. The number of hydrogen-bond donors (Lipinski definition) is 1. The van der Waals surface area contributed by atoms with Gasteiger partial charge in [-0.1, -0.05) is 12.1 Å². The number of rotatable bonds is 7. The van der Waals surface area contributed by atoms with Gasteiger partial charge in [0.25, 0.3) is 5.91 Å². The normalized spacial score (nSPS) is 17.7. The number of amides is 1. The lowest BCUT2D eigenvalue weighted by Crippen LogP contribution is -2.48. The van der Waals surface area contributed by atoms with Crippen LogP contribution in [0.4, 0.5) is 13.2 Å². The van der Waals surface area contributed by atoms with Crippen molar-refractivity contribution in [3.63, 3.8) is 0 Å². The van der Waals surface area contributed by atoms with Crippen molar-refractivity contribution >= 4 is 15.9 Å². The Morgan fingerprint density at radius 3 is 2.12 bits per heavy atom. The summed E-state index contributed by atoms with van der Waals surface area (Å²) in [6.07, 6.45) is -3.02. The molecular weight excluding hydrogens is 459 g/mol. The molecule has 1 aliphatic heterocycles. The van der Waals surface area contributed by atoms with Crippen LogP contribution in [0.1, 0.15) is 28.8 Å². The first-order chi connectivity index (χ1) is 15.6. The number of carbonyl (C=O) groups is 1. The third-order valence-corrected chi connectivity index (χ3v) is 7.07. The standard InChI is InChI=1S/C22H24F3N3O4S/c23-22(24,25)32-19-7-1-16(2-8-19)15-27-11-13-28(14-12-27)21(29)17-3-9-20(10-4-17)33(30,31)26-18-5-6-18/h1-4,7-10,18,26H,5-6,11-15H2. The average molecular weight is 484 g/mol. The number of sulfonamides is 1. The predicted octanol–water partition coefficient (Wildman–Crippen LogP) is 2.98. The number of nitrogens with one attached hydrogen (secondary N) is 1. The van der Waals surface area contributed by atoms with Crippen LogP contribution in [-0.4, -0.2) is 62.7 Å². The van der Waals surface area contributed by atoms with E-state index in [0.29, 0.717) is 38.3 Å². The number of piperazine rings is 1. The van der Waals surface area contributed by atoms with Gasteiger partial charge in [0.1, 0.15) is 5.75 Å². The van der Waals surface area contributed by atoms with Crippen LogP contribution < -0.4 is 9.46 Å². The number of ether oxygens (including phenoxy) is 1. The maximum atomic E-state index is 12.8. The smallest absolute Gasteiger partial charge is 0.406 e. The number of benzene rings is 2. The zero-order valence-corrected chi connectivity index (χ0v) is 18.5. The van der Waals surface area contributed by atoms with Crippen molar-refractivity contribution in [3.8, 4) is 5.75 Å². The fraction of sp³-hybridized carbons (Fsp3) is 0.409. The lowest BCUT2D eigenvalue weighted by atomic mass is 10.1. The van der Waals surface area contributed by atoms with Crippen molar-refractivity contribution in [2.75, 3.05) is 26.2 Å². The first kappa shape index (κ1) is 23.5. The molecule has 2 fully saturated rings. The van der Waals surface area contributed by atoms with E-state index in [-0.39, 0.29) is 22.6 Å². The molecule has 7 nitrogen and oxygen atoms in total. The third kappa shape index (κ3) is 6.46. The highest BCUT2D eigenvalue weighted by Crippen LogP contribution is 2.24. The number of halogens is 3. The van der Waals surface area contributed by atoms with Gasteiger partial charge >= 0.3 is 6.36 Å². The molecule has 2 aromatic rings. The molecule has 0 aromatic heterocycles. The molecule has 0 spiro atoms. The summed E-state index contributed by atoms with van der Waals surface area (Å²) in [6.45, 7) is 2.78. The summed E-state index contributed by atoms with van der Waals surface area (Å²) in [5, 5.41) is 0. The highest BCUT2D eigenvalue weighted by molar-refractivity contribution is 7.89. The molecule has 4 rings (SSSR count). The van der Waals surface area contributed by atoms with E-state index in [1.54, 1.807) is 17.0 Å². The van der Waals surface area contributed by atoms with Gasteiger partial charge in [0.2, 0.25) is 10.0 Å². The summed E-state index contributed by atoms with van der Waals surface area (Å²) >= 11 is 0. The number of hydrogen-bond acceptors (Lipinski definition) is 5. The van der Waals surface area contributed by atoms with E-state index in [1.807, 2.05) is 0 Å². The van der Waals surface area contributed by atoms with Crippen LogP contribution in [0.15, 0.2) is 53.4 Å². The first-order valence-electron chi connectivity index (χ1n) is 10.6. The van der Waals surface area contributed by atoms with Crippen molar-refractivity contribution < 1.29 is 31.1 Å². The van der Waals surface area contributed by atoms with Crippen LogP contribution in [-0.2, 0) is 16.6 Å². The maximum Gasteiger partial charge on any atom is 0.573 e. The predicted molar refractivity (Wildman–Crippen MR) is 114 cm³/mol. The topological polar surface area (TPSA) is 79.0 Å². The second kappa shape index (κ2) is 9.32. The molecule has 11 heteroatoms. The Morgan fingerprint density at radius 2 is 1.58 bits per heavy atom. The van der Waals surface area contributed by atoms with Crippen molar-refractivity contribution in [2.45, 2.75) is 36.7 Å². The fourth-order valence-corrected chi connectivity index (χ4v) is 4.92. The maximum absolute atomic E-state index is 12.8. The quantitative estimate of drug-likeness (QED) is 0.655. The molecule has 33 heavy (non-hydrogen) atoms. The number of nitrogens with zero attached hydrogens (tertiary/aromatic N) is 2. The Kier molecular flexibility index (Phi) is 6.64. The largest absolute Gasteiger partial charge is 0.573 e. The minimum atomic E-state index is -4.72. The molecule has 1 aliphatic carbocycles. The zero-order valence-electron chi connectivity index (χ0n) is 17.7. The zero-order chi connectivity index (χ0) is 23.6. The van der Waals surface area contributed by atoms with Gasteiger partial charge in [0.05, 0.1) is 4.90 Å². The molecule has 1 saturated heterocycles. The molecule has 0 bridgehead atoms. The summed E-state index contributed by atoms with van der Waals surface area (Å²) in [5.74, 6) is -0.425. The summed E-state index contributed by atoms with van der Waals surface area (Å²) in [6, 6.07) is 11.7. The van der Waals surface area contributed by atoms with Gasteiger partial charge in [-0.05, 0) is 54.8 Å². The van der Waals surface area contributed by atoms with E-state index in [1.165, 1.54) is 36.4 Å². The Hall–Kier alpha value is -2.63. The molecule has 178 valence electrons. The van der Waals surface area contributed by atoms with E-state index in [4.69, 9.17) is 0 Å². The molecule has 0 radical (unpaired) electrons. The van der Waals surface area contributed by atoms with Crippen molar-refractivity contribution in [1.82, 2.24) is 14.5 Å². The minimum Gasteiger partial charge on any atom is -0.406 e. The molecule has 1 amide bonds. The lowest BCUT2D eigenvalue weighted by Gasteiger charge is -2.34. The van der Waals surface area contributed by atoms with Crippen molar-refractivity contribution in [2.24, 2.45) is 0 Å². The van der Waals surface area contributed by atoms with Gasteiger partial charge in [0, 0.05) is 44.3 Å². The highest BCUT2D eigenvalue weighted by atomic mass is 32.2. The Balaban J connectivity index is 1.28. The number of alkyl halides is 3. The molecule has 2 aromatic carbocycles. The second-order valence-electron chi connectivity index (χ2n) is 8.18. The van der Waals surface area contributed by atoms with Crippen LogP contribution in [0.2, 0.25) is 0 Å². The van der Waals surface area contributed by atoms with E-state index in [2.05, 4.69) is 14.4 Å². The average Bonchev–Trinajstić information content (AvgIpc) is 3.58. The van der Waals surface area contributed by atoms with Gasteiger partial charge in [-0.25, -0.2) is 13.1 Å². The Morgan fingerprint density at radius 1 is 0.970 bits per heavy atom. The van der Waals surface area contributed by atoms with Crippen LogP contribution in [0.5, 0.6) is 5.75 Å². The number of carbonyl (C=O) groups excluding carboxylic acids is 1. The summed E-state index contributed by atoms with van der Waals surface area (Å²) < 4.78 is 67.8. The van der Waals surface area contributed by atoms with Crippen molar-refractivity contribution in [1.29, 1.82) is 0 Å². The van der Waals surface area contributed by atoms with E-state index in [0.717, 1.165) is 18.4 Å². The van der Waals surface area contributed by atoms with Crippen LogP contribution in [0.25, 0.3) is 0 Å². The summed E-state index contributed by atoms with van der Waals surface area (Å²) in [4.78, 5) is 16.8. The minimum absolute atomic E-state index is 0.0127. The van der Waals surface area contributed by atoms with Crippen molar-refractivity contribution in [3.05, 3.63) is 59.7 Å². The first-order valence-corrected chi connectivity index (χ1v) is 12.1. The van der Waals surface area contributed by atoms with Gasteiger partial charge in [-0.2, -0.15) is 0 Å². The summed E-state index contributed by atoms with van der Waals surface area (Å²) in [5.41, 5.74) is 1.27. The second-order valence-corrected chi connectivity index (χ2v) is 9.89. The van der Waals surface area contributed by atoms with Crippen LogP contribution in [0.3, 0.4) is 0 Å². The van der Waals surface area contributed by atoms with E-state index >= 15 is 0 Å². The van der Waals surface area contributed by atoms with E-state index < -0.39 is 16.4 Å². The molecule has 1 heterocycles. The fourth-order valence-electron chi connectivity index (χ4n) is 3.61. The highest BCUT2D eigenvalue weighted by Gasteiger charge is 2.31. The van der Waals surface area contributed by atoms with E-state index in [9.17, 15) is 26.4 Å². The molecule has 2 aliphatic rings. The molecule has 1 saturated carbocycles. The van der Waals surface area contributed by atoms with Gasteiger partial charge in [-0.15, -0.1) is 13.2 Å². The monoisotopic (exact) mass is 483 g/mol. The SMILES string of the molecule is O=C(c1ccc(S(=O)(=O)NC2CC2)cc1)N1CCN(Cc2ccc(OC(F)(F)F)cc2)CC1. The Labute approximate surface area is 190 Å². The van der Waals surface area contributed by atoms with Gasteiger partial charge in [0.15, 0.2) is 0 Å². The van der Waals surface area contributed by atoms with Gasteiger partial charge in [-0.3, -0.25) is 9.69 Å². The summed E-state index contributed by atoms with van der Waals surface area (Å²) in [7, 11) is -3.56. The third-order valence-electron chi connectivity index (χ3n) is 5.53. The molecular formula is C22H24F3N3O4S.